The number of carbonyl (C=O) groups excluding carboxylic acids is 1. The molecule has 0 aromatic carbocycles. The highest BCUT2D eigenvalue weighted by molar-refractivity contribution is 5.86. The zero-order chi connectivity index (χ0) is 17.9. The fraction of sp³-hybridized carbons (Fsp3) is 0.944. The van der Waals surface area contributed by atoms with E-state index >= 15 is 0 Å². The van der Waals surface area contributed by atoms with Gasteiger partial charge in [0, 0.05) is 65.1 Å². The molecule has 0 aromatic heterocycles. The Morgan fingerprint density at radius 3 is 2.44 bits per heavy atom. The van der Waals surface area contributed by atoms with Crippen LogP contribution in [0.25, 0.3) is 0 Å². The van der Waals surface area contributed by atoms with Crippen molar-refractivity contribution in [3.8, 4) is 0 Å². The Hall–Kier alpha value is -0.730. The van der Waals surface area contributed by atoms with Crippen LogP contribution in [-0.4, -0.2) is 104 Å². The van der Waals surface area contributed by atoms with Gasteiger partial charge in [-0.05, 0) is 26.7 Å². The maximum absolute atomic E-state index is 12.8. The lowest BCUT2D eigenvalue weighted by Gasteiger charge is -2.42. The van der Waals surface area contributed by atoms with Crippen molar-refractivity contribution in [3.63, 3.8) is 0 Å². The third-order valence-corrected chi connectivity index (χ3v) is 5.83. The van der Waals surface area contributed by atoms with Crippen LogP contribution in [0, 0.1) is 0 Å². The van der Waals surface area contributed by atoms with Gasteiger partial charge in [-0.25, -0.2) is 0 Å². The minimum atomic E-state index is -0.718. The lowest BCUT2D eigenvalue weighted by molar-refractivity contribution is -0.142. The molecule has 25 heavy (non-hydrogen) atoms. The monoisotopic (exact) mass is 354 g/mol. The summed E-state index contributed by atoms with van der Waals surface area (Å²) in [6.07, 6.45) is 1.54. The molecule has 7 heteroatoms. The SMILES string of the molecule is CC(C)N1CCOC(CN2CCN(C(=O)C3(N)CCOCC3)CC2)C1. The standard InChI is InChI=1S/C18H34N4O3/c1-15(2)22-9-12-25-16(14-22)13-20-5-7-21(8-6-20)17(23)18(19)3-10-24-11-4-18/h15-16H,3-14,19H2,1-2H3. The highest BCUT2D eigenvalue weighted by Gasteiger charge is 2.39. The molecule has 0 spiro atoms. The minimum Gasteiger partial charge on any atom is -0.381 e. The lowest BCUT2D eigenvalue weighted by Crippen LogP contribution is -2.62. The second kappa shape index (κ2) is 8.31. The third-order valence-electron chi connectivity index (χ3n) is 5.83. The molecule has 1 unspecified atom stereocenters. The smallest absolute Gasteiger partial charge is 0.242 e. The van der Waals surface area contributed by atoms with Crippen LogP contribution in [0.1, 0.15) is 26.7 Å². The van der Waals surface area contributed by atoms with Crippen LogP contribution in [0.2, 0.25) is 0 Å². The number of hydrogen-bond acceptors (Lipinski definition) is 6. The fourth-order valence-electron chi connectivity index (χ4n) is 4.01. The van der Waals surface area contributed by atoms with Crippen LogP contribution in [0.3, 0.4) is 0 Å². The van der Waals surface area contributed by atoms with E-state index in [1.54, 1.807) is 0 Å². The Morgan fingerprint density at radius 1 is 1.12 bits per heavy atom. The summed E-state index contributed by atoms with van der Waals surface area (Å²) in [4.78, 5) is 19.6. The molecule has 3 aliphatic rings. The van der Waals surface area contributed by atoms with E-state index in [1.807, 2.05) is 4.90 Å². The Kier molecular flexibility index (Phi) is 6.33. The van der Waals surface area contributed by atoms with Gasteiger partial charge in [-0.2, -0.15) is 0 Å². The second-order valence-electron chi connectivity index (χ2n) is 7.94. The number of nitrogens with zero attached hydrogens (tertiary/aromatic N) is 3. The van der Waals surface area contributed by atoms with Gasteiger partial charge in [0.25, 0.3) is 0 Å². The molecular formula is C18H34N4O3. The van der Waals surface area contributed by atoms with Crippen LogP contribution in [-0.2, 0) is 14.3 Å². The molecule has 0 radical (unpaired) electrons. The summed E-state index contributed by atoms with van der Waals surface area (Å²) in [6.45, 7) is 12.8. The number of ether oxygens (including phenoxy) is 2. The summed E-state index contributed by atoms with van der Waals surface area (Å²) in [5.41, 5.74) is 5.63. The van der Waals surface area contributed by atoms with Crippen LogP contribution in [0.4, 0.5) is 0 Å². The Balaban J connectivity index is 1.45. The number of rotatable bonds is 4. The Bertz CT molecular complexity index is 446. The molecule has 0 bridgehead atoms. The van der Waals surface area contributed by atoms with Crippen molar-refractivity contribution in [1.82, 2.24) is 14.7 Å². The normalized spacial score (nSPS) is 29.1. The first-order valence-corrected chi connectivity index (χ1v) is 9.72. The molecule has 3 rings (SSSR count). The number of morpholine rings is 1. The molecule has 3 aliphatic heterocycles. The molecule has 3 fully saturated rings. The van der Waals surface area contributed by atoms with E-state index in [0.717, 1.165) is 52.4 Å². The predicted molar refractivity (Wildman–Crippen MR) is 96.4 cm³/mol. The van der Waals surface area contributed by atoms with E-state index in [2.05, 4.69) is 23.6 Å². The first-order chi connectivity index (χ1) is 12.0. The molecule has 2 N–H and O–H groups in total. The third kappa shape index (κ3) is 4.71. The number of hydrogen-bond donors (Lipinski definition) is 1. The molecule has 1 amide bonds. The van der Waals surface area contributed by atoms with Crippen molar-refractivity contribution in [3.05, 3.63) is 0 Å². The zero-order valence-electron chi connectivity index (χ0n) is 15.8. The van der Waals surface area contributed by atoms with E-state index in [9.17, 15) is 4.79 Å². The van der Waals surface area contributed by atoms with Gasteiger partial charge < -0.3 is 20.1 Å². The van der Waals surface area contributed by atoms with Gasteiger partial charge in [0.15, 0.2) is 0 Å². The van der Waals surface area contributed by atoms with E-state index in [-0.39, 0.29) is 12.0 Å². The van der Waals surface area contributed by atoms with E-state index < -0.39 is 5.54 Å². The molecule has 144 valence electrons. The molecule has 3 heterocycles. The maximum Gasteiger partial charge on any atom is 0.242 e. The van der Waals surface area contributed by atoms with Gasteiger partial charge in [-0.3, -0.25) is 14.6 Å². The first kappa shape index (κ1) is 19.0. The number of piperazine rings is 1. The summed E-state index contributed by atoms with van der Waals surface area (Å²) >= 11 is 0. The van der Waals surface area contributed by atoms with Crippen molar-refractivity contribution in [1.29, 1.82) is 0 Å². The highest BCUT2D eigenvalue weighted by Crippen LogP contribution is 2.21. The molecule has 3 saturated heterocycles. The molecule has 0 aliphatic carbocycles. The van der Waals surface area contributed by atoms with Gasteiger partial charge in [0.2, 0.25) is 5.91 Å². The van der Waals surface area contributed by atoms with Crippen LogP contribution in [0.15, 0.2) is 0 Å². The van der Waals surface area contributed by atoms with Crippen molar-refractivity contribution in [2.75, 3.05) is 65.6 Å². The molecule has 0 aromatic rings. The average molecular weight is 354 g/mol. The number of carbonyl (C=O) groups is 1. The van der Waals surface area contributed by atoms with Gasteiger partial charge in [-0.15, -0.1) is 0 Å². The largest absolute Gasteiger partial charge is 0.381 e. The first-order valence-electron chi connectivity index (χ1n) is 9.72. The van der Waals surface area contributed by atoms with E-state index in [0.29, 0.717) is 32.1 Å². The maximum atomic E-state index is 12.8. The highest BCUT2D eigenvalue weighted by atomic mass is 16.5. The predicted octanol–water partition coefficient (Wildman–Crippen LogP) is -0.252. The number of amides is 1. The van der Waals surface area contributed by atoms with Gasteiger partial charge in [0.05, 0.1) is 18.2 Å². The van der Waals surface area contributed by atoms with E-state index in [1.165, 1.54) is 0 Å². The van der Waals surface area contributed by atoms with Crippen molar-refractivity contribution in [2.24, 2.45) is 5.73 Å². The molecule has 0 saturated carbocycles. The fourth-order valence-corrected chi connectivity index (χ4v) is 4.01. The quantitative estimate of drug-likeness (QED) is 0.751. The summed E-state index contributed by atoms with van der Waals surface area (Å²) < 4.78 is 11.3. The topological polar surface area (TPSA) is 71.3 Å². The van der Waals surface area contributed by atoms with Crippen molar-refractivity contribution < 1.29 is 14.3 Å². The van der Waals surface area contributed by atoms with Crippen LogP contribution < -0.4 is 5.73 Å². The van der Waals surface area contributed by atoms with Crippen LogP contribution >= 0.6 is 0 Å². The molecule has 1 atom stereocenters. The van der Waals surface area contributed by atoms with Crippen molar-refractivity contribution in [2.45, 2.75) is 44.4 Å². The summed E-state index contributed by atoms with van der Waals surface area (Å²) in [5.74, 6) is 0.107. The Morgan fingerprint density at radius 2 is 1.80 bits per heavy atom. The zero-order valence-corrected chi connectivity index (χ0v) is 15.8. The van der Waals surface area contributed by atoms with Crippen LogP contribution in [0.5, 0.6) is 0 Å². The average Bonchev–Trinajstić information content (AvgIpc) is 2.62. The minimum absolute atomic E-state index is 0.107. The van der Waals surface area contributed by atoms with Gasteiger partial charge in [-0.1, -0.05) is 0 Å². The van der Waals surface area contributed by atoms with Gasteiger partial charge >= 0.3 is 0 Å². The van der Waals surface area contributed by atoms with E-state index in [4.69, 9.17) is 15.2 Å². The molecular weight excluding hydrogens is 320 g/mol. The summed E-state index contributed by atoms with van der Waals surface area (Å²) in [7, 11) is 0. The second-order valence-corrected chi connectivity index (χ2v) is 7.94. The summed E-state index contributed by atoms with van der Waals surface area (Å²) in [6, 6.07) is 0.570. The number of nitrogens with two attached hydrogens (primary N) is 1. The van der Waals surface area contributed by atoms with Crippen molar-refractivity contribution >= 4 is 5.91 Å². The molecule has 7 nitrogen and oxygen atoms in total. The van der Waals surface area contributed by atoms with Gasteiger partial charge in [0.1, 0.15) is 0 Å². The lowest BCUT2D eigenvalue weighted by atomic mass is 9.89. The summed E-state index contributed by atoms with van der Waals surface area (Å²) in [5, 5.41) is 0. The Labute approximate surface area is 151 Å².